The Kier molecular flexibility index (Phi) is 4.24. The van der Waals surface area contributed by atoms with Gasteiger partial charge in [0.2, 0.25) is 0 Å². The predicted octanol–water partition coefficient (Wildman–Crippen LogP) is 1.75. The highest BCUT2D eigenvalue weighted by Crippen LogP contribution is 2.14. The summed E-state index contributed by atoms with van der Waals surface area (Å²) in [6.07, 6.45) is 3.13. The molecule has 0 radical (unpaired) electrons. The van der Waals surface area contributed by atoms with Crippen LogP contribution in [0.25, 0.3) is 0 Å². The topological polar surface area (TPSA) is 87.9 Å². The standard InChI is InChI=1S/C14H12N4O2/c1-20-14(19)11-5-3-7-17-13(11)18-9-10-4-2-6-16-12(10)8-15/h2-7H,9H2,1H3,(H,17,18). The highest BCUT2D eigenvalue weighted by molar-refractivity contribution is 5.94. The first kappa shape index (κ1) is 13.5. The number of carbonyl (C=O) groups excluding carboxylic acids is 1. The molecule has 0 spiro atoms. The second-order valence-electron chi connectivity index (χ2n) is 3.87. The lowest BCUT2D eigenvalue weighted by Crippen LogP contribution is -2.10. The van der Waals surface area contributed by atoms with Crippen molar-refractivity contribution in [1.29, 1.82) is 5.26 Å². The van der Waals surface area contributed by atoms with E-state index >= 15 is 0 Å². The number of nitrogens with one attached hydrogen (secondary N) is 1. The van der Waals surface area contributed by atoms with Gasteiger partial charge in [0.05, 0.1) is 7.11 Å². The van der Waals surface area contributed by atoms with Gasteiger partial charge in [-0.2, -0.15) is 5.26 Å². The number of pyridine rings is 2. The molecule has 2 aromatic heterocycles. The lowest BCUT2D eigenvalue weighted by atomic mass is 10.2. The Hall–Kier alpha value is -2.94. The van der Waals surface area contributed by atoms with Crippen molar-refractivity contribution >= 4 is 11.8 Å². The lowest BCUT2D eigenvalue weighted by Gasteiger charge is -2.09. The predicted molar refractivity (Wildman–Crippen MR) is 71.9 cm³/mol. The summed E-state index contributed by atoms with van der Waals surface area (Å²) in [5, 5.41) is 12.0. The van der Waals surface area contributed by atoms with Crippen molar-refractivity contribution in [1.82, 2.24) is 9.97 Å². The number of nitrogens with zero attached hydrogens (tertiary/aromatic N) is 3. The van der Waals surface area contributed by atoms with Crippen molar-refractivity contribution in [3.63, 3.8) is 0 Å². The van der Waals surface area contributed by atoms with Crippen molar-refractivity contribution in [2.45, 2.75) is 6.54 Å². The number of hydrogen-bond acceptors (Lipinski definition) is 6. The summed E-state index contributed by atoms with van der Waals surface area (Å²) >= 11 is 0. The van der Waals surface area contributed by atoms with E-state index in [0.29, 0.717) is 23.6 Å². The molecule has 6 heteroatoms. The summed E-state index contributed by atoms with van der Waals surface area (Å²) in [7, 11) is 1.31. The molecule has 0 saturated heterocycles. The first-order valence-electron chi connectivity index (χ1n) is 5.87. The van der Waals surface area contributed by atoms with Crippen LogP contribution >= 0.6 is 0 Å². The van der Waals surface area contributed by atoms with Gasteiger partial charge in [-0.1, -0.05) is 6.07 Å². The Morgan fingerprint density at radius 3 is 2.85 bits per heavy atom. The molecule has 0 aromatic carbocycles. The molecule has 0 saturated carbocycles. The van der Waals surface area contributed by atoms with Gasteiger partial charge in [-0.25, -0.2) is 14.8 Å². The zero-order valence-corrected chi connectivity index (χ0v) is 10.8. The van der Waals surface area contributed by atoms with Crippen LogP contribution in [0, 0.1) is 11.3 Å². The van der Waals surface area contributed by atoms with Crippen molar-refractivity contribution in [2.75, 3.05) is 12.4 Å². The fraction of sp³-hybridized carbons (Fsp3) is 0.143. The SMILES string of the molecule is COC(=O)c1cccnc1NCc1cccnc1C#N. The second kappa shape index (κ2) is 6.29. The number of hydrogen-bond donors (Lipinski definition) is 1. The summed E-state index contributed by atoms with van der Waals surface area (Å²) in [6.45, 7) is 0.345. The Morgan fingerprint density at radius 2 is 2.10 bits per heavy atom. The second-order valence-corrected chi connectivity index (χ2v) is 3.87. The van der Waals surface area contributed by atoms with E-state index in [2.05, 4.69) is 15.3 Å². The largest absolute Gasteiger partial charge is 0.465 e. The molecule has 0 aliphatic heterocycles. The fourth-order valence-corrected chi connectivity index (χ4v) is 1.68. The number of rotatable bonds is 4. The van der Waals surface area contributed by atoms with Gasteiger partial charge in [-0.05, 0) is 18.2 Å². The van der Waals surface area contributed by atoms with Gasteiger partial charge in [0.1, 0.15) is 23.1 Å². The minimum Gasteiger partial charge on any atom is -0.465 e. The van der Waals surface area contributed by atoms with Crippen LogP contribution in [0.3, 0.4) is 0 Å². The van der Waals surface area contributed by atoms with E-state index in [9.17, 15) is 4.79 Å². The van der Waals surface area contributed by atoms with E-state index in [1.165, 1.54) is 7.11 Å². The molecule has 2 heterocycles. The van der Waals surface area contributed by atoms with Crippen LogP contribution in [0.15, 0.2) is 36.7 Å². The van der Waals surface area contributed by atoms with E-state index in [4.69, 9.17) is 10.00 Å². The van der Waals surface area contributed by atoms with E-state index in [-0.39, 0.29) is 0 Å². The highest BCUT2D eigenvalue weighted by atomic mass is 16.5. The summed E-state index contributed by atoms with van der Waals surface area (Å²) in [6, 6.07) is 8.83. The molecule has 0 atom stereocenters. The summed E-state index contributed by atoms with van der Waals surface area (Å²) < 4.78 is 4.69. The molecular formula is C14H12N4O2. The minimum absolute atomic E-state index is 0.343. The third-order valence-corrected chi connectivity index (χ3v) is 2.66. The van der Waals surface area contributed by atoms with Gasteiger partial charge in [0.25, 0.3) is 0 Å². The molecule has 6 nitrogen and oxygen atoms in total. The number of methoxy groups -OCH3 is 1. The van der Waals surface area contributed by atoms with Crippen LogP contribution in [-0.4, -0.2) is 23.0 Å². The summed E-state index contributed by atoms with van der Waals surface area (Å²) in [4.78, 5) is 19.7. The number of esters is 1. The highest BCUT2D eigenvalue weighted by Gasteiger charge is 2.12. The Morgan fingerprint density at radius 1 is 1.35 bits per heavy atom. The van der Waals surface area contributed by atoms with Crippen LogP contribution in [0.1, 0.15) is 21.6 Å². The molecule has 0 bridgehead atoms. The molecule has 0 aliphatic rings. The normalized spacial score (nSPS) is 9.60. The van der Waals surface area contributed by atoms with Crippen LogP contribution < -0.4 is 5.32 Å². The maximum absolute atomic E-state index is 11.6. The number of nitriles is 1. The number of anilines is 1. The summed E-state index contributed by atoms with van der Waals surface area (Å²) in [5.41, 5.74) is 1.42. The van der Waals surface area contributed by atoms with Crippen molar-refractivity contribution < 1.29 is 9.53 Å². The van der Waals surface area contributed by atoms with Gasteiger partial charge in [-0.15, -0.1) is 0 Å². The van der Waals surface area contributed by atoms with Gasteiger partial charge in [0.15, 0.2) is 0 Å². The number of ether oxygens (including phenoxy) is 1. The maximum Gasteiger partial charge on any atom is 0.341 e. The minimum atomic E-state index is -0.465. The number of aromatic nitrogens is 2. The first-order valence-corrected chi connectivity index (χ1v) is 5.87. The molecule has 0 fully saturated rings. The molecule has 0 amide bonds. The van der Waals surface area contributed by atoms with Crippen molar-refractivity contribution in [3.05, 3.63) is 53.5 Å². The van der Waals surface area contributed by atoms with E-state index in [0.717, 1.165) is 5.56 Å². The molecule has 1 N–H and O–H groups in total. The lowest BCUT2D eigenvalue weighted by molar-refractivity contribution is 0.0601. The van der Waals surface area contributed by atoms with Crippen molar-refractivity contribution in [3.8, 4) is 6.07 Å². The molecule has 100 valence electrons. The average molecular weight is 268 g/mol. The van der Waals surface area contributed by atoms with Gasteiger partial charge < -0.3 is 10.1 Å². The van der Waals surface area contributed by atoms with E-state index in [1.807, 2.05) is 6.07 Å². The molecule has 0 unspecified atom stereocenters. The number of carbonyl (C=O) groups is 1. The van der Waals surface area contributed by atoms with Gasteiger partial charge in [0, 0.05) is 24.5 Å². The maximum atomic E-state index is 11.6. The quantitative estimate of drug-likeness (QED) is 0.850. The Balaban J connectivity index is 2.20. The van der Waals surface area contributed by atoms with Crippen LogP contribution in [0.4, 0.5) is 5.82 Å². The van der Waals surface area contributed by atoms with Crippen LogP contribution in [0.2, 0.25) is 0 Å². The molecular weight excluding hydrogens is 256 g/mol. The Labute approximate surface area is 116 Å². The molecule has 2 aromatic rings. The zero-order chi connectivity index (χ0) is 14.4. The third kappa shape index (κ3) is 2.90. The molecule has 20 heavy (non-hydrogen) atoms. The fourth-order valence-electron chi connectivity index (χ4n) is 1.68. The van der Waals surface area contributed by atoms with Crippen LogP contribution in [0.5, 0.6) is 0 Å². The van der Waals surface area contributed by atoms with Crippen LogP contribution in [-0.2, 0) is 11.3 Å². The van der Waals surface area contributed by atoms with E-state index in [1.54, 1.807) is 36.7 Å². The Bertz CT molecular complexity index is 664. The first-order chi connectivity index (χ1) is 9.76. The van der Waals surface area contributed by atoms with Gasteiger partial charge >= 0.3 is 5.97 Å². The molecule has 2 rings (SSSR count). The van der Waals surface area contributed by atoms with Gasteiger partial charge in [-0.3, -0.25) is 0 Å². The monoisotopic (exact) mass is 268 g/mol. The van der Waals surface area contributed by atoms with E-state index < -0.39 is 5.97 Å². The smallest absolute Gasteiger partial charge is 0.341 e. The third-order valence-electron chi connectivity index (χ3n) is 2.66. The van der Waals surface area contributed by atoms with Crippen molar-refractivity contribution in [2.24, 2.45) is 0 Å². The average Bonchev–Trinajstić information content (AvgIpc) is 2.52. The molecule has 0 aliphatic carbocycles. The zero-order valence-electron chi connectivity index (χ0n) is 10.8. The summed E-state index contributed by atoms with van der Waals surface area (Å²) in [5.74, 6) is -0.0561.